The highest BCUT2D eigenvalue weighted by atomic mass is 32.2. The number of carbonyl (C=O) groups is 2. The zero-order chi connectivity index (χ0) is 19.8. The summed E-state index contributed by atoms with van der Waals surface area (Å²) in [6, 6.07) is 7.82. The molecule has 1 saturated heterocycles. The zero-order valence-electron chi connectivity index (χ0n) is 15.0. The summed E-state index contributed by atoms with van der Waals surface area (Å²) in [4.78, 5) is 25.0. The molecule has 0 spiro atoms. The van der Waals surface area contributed by atoms with Crippen molar-refractivity contribution < 1.29 is 27.5 Å². The first-order chi connectivity index (χ1) is 12.7. The molecule has 27 heavy (non-hydrogen) atoms. The Morgan fingerprint density at radius 3 is 2.22 bits per heavy atom. The van der Waals surface area contributed by atoms with Crippen molar-refractivity contribution in [3.8, 4) is 0 Å². The first-order valence-corrected chi connectivity index (χ1v) is 9.84. The Balaban J connectivity index is 1.71. The fourth-order valence-corrected chi connectivity index (χ4v) is 4.71. The maximum Gasteiger partial charge on any atom is 0.371 e. The van der Waals surface area contributed by atoms with Gasteiger partial charge in [0.1, 0.15) is 0 Å². The van der Waals surface area contributed by atoms with E-state index < -0.39 is 21.9 Å². The van der Waals surface area contributed by atoms with Gasteiger partial charge in [0, 0.05) is 26.2 Å². The number of benzene rings is 1. The second kappa shape index (κ2) is 7.16. The largest absolute Gasteiger partial charge is 0.475 e. The van der Waals surface area contributed by atoms with Crippen molar-refractivity contribution in [3.63, 3.8) is 0 Å². The predicted octanol–water partition coefficient (Wildman–Crippen LogP) is 1.74. The molecule has 1 aromatic heterocycles. The number of piperazine rings is 1. The van der Waals surface area contributed by atoms with Crippen LogP contribution in [0.2, 0.25) is 0 Å². The van der Waals surface area contributed by atoms with E-state index in [0.717, 1.165) is 5.56 Å². The maximum absolute atomic E-state index is 12.9. The van der Waals surface area contributed by atoms with Crippen LogP contribution < -0.4 is 0 Å². The minimum Gasteiger partial charge on any atom is -0.475 e. The van der Waals surface area contributed by atoms with Gasteiger partial charge in [-0.05, 0) is 43.2 Å². The molecule has 2 aromatic rings. The Hall–Kier alpha value is -2.65. The Kier molecular flexibility index (Phi) is 5.07. The highest BCUT2D eigenvalue weighted by Gasteiger charge is 2.32. The average Bonchev–Trinajstić information content (AvgIpc) is 3.13. The number of carboxylic acids is 1. The summed E-state index contributed by atoms with van der Waals surface area (Å²) in [5, 5.41) is 8.87. The second-order valence-electron chi connectivity index (χ2n) is 6.43. The molecule has 1 amide bonds. The average molecular weight is 392 g/mol. The topological polar surface area (TPSA) is 108 Å². The van der Waals surface area contributed by atoms with Gasteiger partial charge in [-0.1, -0.05) is 12.1 Å². The van der Waals surface area contributed by atoms with E-state index in [-0.39, 0.29) is 42.6 Å². The van der Waals surface area contributed by atoms with E-state index in [0.29, 0.717) is 5.56 Å². The number of aryl methyl sites for hydroxylation is 2. The van der Waals surface area contributed by atoms with Gasteiger partial charge in [-0.3, -0.25) is 4.79 Å². The molecule has 1 N–H and O–H groups in total. The summed E-state index contributed by atoms with van der Waals surface area (Å²) in [6.45, 7) is 4.31. The number of amides is 1. The zero-order valence-corrected chi connectivity index (χ0v) is 15.8. The molecule has 0 bridgehead atoms. The minimum absolute atomic E-state index is 0.0711. The van der Waals surface area contributed by atoms with Crippen molar-refractivity contribution >= 4 is 21.9 Å². The molecule has 8 nitrogen and oxygen atoms in total. The van der Waals surface area contributed by atoms with E-state index in [1.54, 1.807) is 19.1 Å². The van der Waals surface area contributed by atoms with E-state index in [4.69, 9.17) is 9.52 Å². The van der Waals surface area contributed by atoms with Crippen LogP contribution in [0.1, 0.15) is 32.2 Å². The molecule has 0 saturated carbocycles. The maximum atomic E-state index is 12.9. The first kappa shape index (κ1) is 19.1. The van der Waals surface area contributed by atoms with Crippen LogP contribution in [0.25, 0.3) is 0 Å². The fraction of sp³-hybridized carbons (Fsp3) is 0.333. The van der Waals surface area contributed by atoms with Crippen molar-refractivity contribution in [2.45, 2.75) is 18.7 Å². The van der Waals surface area contributed by atoms with Crippen LogP contribution in [0.15, 0.2) is 39.6 Å². The summed E-state index contributed by atoms with van der Waals surface area (Å²) in [6.07, 6.45) is 0. The Morgan fingerprint density at radius 1 is 1.00 bits per heavy atom. The lowest BCUT2D eigenvalue weighted by molar-refractivity contribution is 0.0632. The SMILES string of the molecule is Cc1ccc(C)c(S(=O)(=O)N2CCN(C(=O)c3ccc(C(=O)O)o3)CC2)c1. The molecule has 2 heterocycles. The van der Waals surface area contributed by atoms with Gasteiger partial charge in [0.05, 0.1) is 4.90 Å². The van der Waals surface area contributed by atoms with Crippen LogP contribution in [0.4, 0.5) is 0 Å². The lowest BCUT2D eigenvalue weighted by Gasteiger charge is -2.33. The Labute approximate surface area is 157 Å². The summed E-state index contributed by atoms with van der Waals surface area (Å²) >= 11 is 0. The van der Waals surface area contributed by atoms with E-state index >= 15 is 0 Å². The molecule has 0 aliphatic carbocycles. The van der Waals surface area contributed by atoms with Crippen LogP contribution in [0.5, 0.6) is 0 Å². The molecule has 1 fully saturated rings. The van der Waals surface area contributed by atoms with Crippen molar-refractivity contribution in [1.29, 1.82) is 0 Å². The Morgan fingerprint density at radius 2 is 1.63 bits per heavy atom. The number of nitrogens with zero attached hydrogens (tertiary/aromatic N) is 2. The number of hydrogen-bond acceptors (Lipinski definition) is 5. The molecule has 0 radical (unpaired) electrons. The molecule has 0 unspecified atom stereocenters. The second-order valence-corrected chi connectivity index (χ2v) is 8.34. The van der Waals surface area contributed by atoms with Gasteiger partial charge in [0.2, 0.25) is 15.8 Å². The summed E-state index contributed by atoms with van der Waals surface area (Å²) in [5.41, 5.74) is 1.54. The first-order valence-electron chi connectivity index (χ1n) is 8.40. The lowest BCUT2D eigenvalue weighted by Crippen LogP contribution is -2.50. The third-order valence-corrected chi connectivity index (χ3v) is 6.56. The van der Waals surface area contributed by atoms with Crippen LogP contribution in [-0.4, -0.2) is 60.8 Å². The van der Waals surface area contributed by atoms with Gasteiger partial charge in [-0.25, -0.2) is 13.2 Å². The van der Waals surface area contributed by atoms with Crippen LogP contribution in [0.3, 0.4) is 0 Å². The minimum atomic E-state index is -3.64. The van der Waals surface area contributed by atoms with Crippen molar-refractivity contribution in [2.24, 2.45) is 0 Å². The van der Waals surface area contributed by atoms with Crippen molar-refractivity contribution in [3.05, 3.63) is 53.0 Å². The summed E-state index contributed by atoms with van der Waals surface area (Å²) in [7, 11) is -3.64. The molecular weight excluding hydrogens is 372 g/mol. The molecule has 3 rings (SSSR count). The molecule has 1 aliphatic heterocycles. The fourth-order valence-electron chi connectivity index (χ4n) is 2.98. The molecule has 9 heteroatoms. The van der Waals surface area contributed by atoms with Crippen LogP contribution >= 0.6 is 0 Å². The van der Waals surface area contributed by atoms with Crippen LogP contribution in [0, 0.1) is 13.8 Å². The summed E-state index contributed by atoms with van der Waals surface area (Å²) < 4.78 is 32.2. The number of carbonyl (C=O) groups excluding carboxylic acids is 1. The van der Waals surface area contributed by atoms with E-state index in [9.17, 15) is 18.0 Å². The predicted molar refractivity (Wildman–Crippen MR) is 96.2 cm³/mol. The monoisotopic (exact) mass is 392 g/mol. The van der Waals surface area contributed by atoms with Crippen molar-refractivity contribution in [1.82, 2.24) is 9.21 Å². The van der Waals surface area contributed by atoms with E-state index in [1.807, 2.05) is 13.0 Å². The van der Waals surface area contributed by atoms with Gasteiger partial charge in [-0.15, -0.1) is 0 Å². The van der Waals surface area contributed by atoms with Gasteiger partial charge in [-0.2, -0.15) is 4.31 Å². The normalized spacial score (nSPS) is 15.7. The van der Waals surface area contributed by atoms with E-state index in [2.05, 4.69) is 0 Å². The number of aromatic carboxylic acids is 1. The summed E-state index contributed by atoms with van der Waals surface area (Å²) in [5.74, 6) is -2.09. The standard InChI is InChI=1S/C18H20N2O6S/c1-12-3-4-13(2)16(11-12)27(24,25)20-9-7-19(8-10-20)17(21)14-5-6-15(26-14)18(22)23/h3-6,11H,7-10H2,1-2H3,(H,22,23). The van der Waals surface area contributed by atoms with Crippen LogP contribution in [-0.2, 0) is 10.0 Å². The third kappa shape index (κ3) is 3.74. The highest BCUT2D eigenvalue weighted by molar-refractivity contribution is 7.89. The highest BCUT2D eigenvalue weighted by Crippen LogP contribution is 2.23. The number of furan rings is 1. The number of sulfonamides is 1. The van der Waals surface area contributed by atoms with E-state index in [1.165, 1.54) is 21.3 Å². The third-order valence-electron chi connectivity index (χ3n) is 4.51. The molecule has 1 aromatic carbocycles. The Bertz CT molecular complexity index is 987. The number of rotatable bonds is 4. The quantitative estimate of drug-likeness (QED) is 0.849. The smallest absolute Gasteiger partial charge is 0.371 e. The van der Waals surface area contributed by atoms with Gasteiger partial charge >= 0.3 is 5.97 Å². The molecular formula is C18H20N2O6S. The van der Waals surface area contributed by atoms with Gasteiger partial charge < -0.3 is 14.4 Å². The van der Waals surface area contributed by atoms with Crippen molar-refractivity contribution in [2.75, 3.05) is 26.2 Å². The number of carboxylic acid groups (broad SMARTS) is 1. The number of hydrogen-bond donors (Lipinski definition) is 1. The van der Waals surface area contributed by atoms with Gasteiger partial charge in [0.15, 0.2) is 5.76 Å². The lowest BCUT2D eigenvalue weighted by atomic mass is 10.2. The van der Waals surface area contributed by atoms with Gasteiger partial charge in [0.25, 0.3) is 5.91 Å². The molecule has 1 aliphatic rings. The molecule has 0 atom stereocenters. The molecule has 144 valence electrons.